The minimum Gasteiger partial charge on any atom is -0.515 e. The monoisotopic (exact) mass is 707 g/mol. The first-order valence-corrected chi connectivity index (χ1v) is 17.7. The summed E-state index contributed by atoms with van der Waals surface area (Å²) in [6.45, 7) is 25.0. The Bertz CT molecular complexity index is 1030. The van der Waals surface area contributed by atoms with Crippen molar-refractivity contribution in [1.29, 1.82) is 0 Å². The molecular weight excluding hydrogens is 632 g/mol. The second-order valence-corrected chi connectivity index (χ2v) is 14.3. The van der Waals surface area contributed by atoms with Crippen molar-refractivity contribution in [3.05, 3.63) is 72.0 Å². The molecule has 1 unspecified atom stereocenters. The number of phenols is 1. The highest BCUT2D eigenvalue weighted by Gasteiger charge is 2.40. The van der Waals surface area contributed by atoms with Crippen LogP contribution in [0.25, 0.3) is 5.57 Å². The lowest BCUT2D eigenvalue weighted by atomic mass is 9.62. The molecule has 1 aromatic carbocycles. The van der Waals surface area contributed by atoms with E-state index in [1.165, 1.54) is 51.4 Å². The zero-order chi connectivity index (χ0) is 39.5. The third-order valence-electron chi connectivity index (χ3n) is 7.97. The highest BCUT2D eigenvalue weighted by Crippen LogP contribution is 2.46. The molecule has 0 aromatic heterocycles. The van der Waals surface area contributed by atoms with Gasteiger partial charge >= 0.3 is 0 Å². The number of hydrogen-bond donors (Lipinski definition) is 4. The number of hydrogen-bond acceptors (Lipinski definition) is 7. The zero-order valence-electron chi connectivity index (χ0n) is 33.5. The normalized spacial score (nSPS) is 13.0. The van der Waals surface area contributed by atoms with Gasteiger partial charge in [-0.2, -0.15) is 0 Å². The predicted molar refractivity (Wildman–Crippen MR) is 212 cm³/mol. The first-order chi connectivity index (χ1) is 23.6. The van der Waals surface area contributed by atoms with Gasteiger partial charge in [0.05, 0.1) is 12.9 Å². The molecule has 0 saturated carbocycles. The number of carboxylic acid groups (broad SMARTS) is 1. The van der Waals surface area contributed by atoms with Crippen LogP contribution in [0.15, 0.2) is 66.5 Å². The Kier molecular flexibility index (Phi) is 36.7. The first-order valence-electron chi connectivity index (χ1n) is 17.7. The van der Waals surface area contributed by atoms with Crippen LogP contribution >= 0.6 is 0 Å². The smallest absolute Gasteiger partial charge is 0.290 e. The van der Waals surface area contributed by atoms with Crippen molar-refractivity contribution in [2.24, 2.45) is 16.2 Å². The molecule has 1 rings (SSSR count). The van der Waals surface area contributed by atoms with Gasteiger partial charge in [-0.3, -0.25) is 4.79 Å². The average molecular weight is 707 g/mol. The lowest BCUT2D eigenvalue weighted by Crippen LogP contribution is -2.40. The number of benzene rings is 1. The van der Waals surface area contributed by atoms with Gasteiger partial charge in [0.1, 0.15) is 12.5 Å². The SMILES string of the molecule is C/C=C(\C=C/C(=C/O)c1ccc(O)cc1)/C=C/CCOC.C=O.CCCCCCCCCOCC(C)(CC(C)(C)C)C(C)(C)C.CO.O=CO. The molecule has 1 atom stereocenters. The quantitative estimate of drug-likeness (QED) is 0.0513. The largest absolute Gasteiger partial charge is 0.515 e. The molecular formula is C42H74O8. The summed E-state index contributed by atoms with van der Waals surface area (Å²) in [5, 5.41) is 32.5. The van der Waals surface area contributed by atoms with Crippen LogP contribution in [-0.4, -0.2) is 67.7 Å². The number of methoxy groups -OCH3 is 1. The fourth-order valence-corrected chi connectivity index (χ4v) is 4.87. The van der Waals surface area contributed by atoms with Gasteiger partial charge in [-0.1, -0.05) is 136 Å². The number of ether oxygens (including phenoxy) is 2. The molecule has 0 amide bonds. The van der Waals surface area contributed by atoms with Crippen LogP contribution in [0.4, 0.5) is 0 Å². The van der Waals surface area contributed by atoms with Gasteiger partial charge in [-0.15, -0.1) is 0 Å². The standard InChI is InChI=1S/C21H44O.C18H22O3.CH2O2.CH4O.CH2O/c1-9-10-11-12-13-14-15-16-22-18-21(8,20(5,6)7)17-19(2,3)4;1-3-15(6-4-5-13-21-2)7-8-17(14-19)16-9-11-18(20)12-10-16;2-1-3;2*1-2/h9-18H2,1-8H3;3-4,6-12,14,19-20H,5,13H2,1-2H3;1H,(H,2,3);2H,1H3;1H2/b;6-4+,8-7-,15-3-,17-14-;;;. The van der Waals surface area contributed by atoms with E-state index >= 15 is 0 Å². The van der Waals surface area contributed by atoms with Gasteiger partial charge in [0.25, 0.3) is 6.47 Å². The Labute approximate surface area is 306 Å². The second-order valence-electron chi connectivity index (χ2n) is 14.3. The third kappa shape index (κ3) is 30.8. The molecule has 0 heterocycles. The van der Waals surface area contributed by atoms with Crippen molar-refractivity contribution in [1.82, 2.24) is 0 Å². The summed E-state index contributed by atoms with van der Waals surface area (Å²) < 4.78 is 11.1. The summed E-state index contributed by atoms with van der Waals surface area (Å²) in [7, 11) is 2.68. The lowest BCUT2D eigenvalue weighted by Gasteiger charge is -2.45. The summed E-state index contributed by atoms with van der Waals surface area (Å²) >= 11 is 0. The van der Waals surface area contributed by atoms with Crippen LogP contribution in [0.2, 0.25) is 0 Å². The molecule has 50 heavy (non-hydrogen) atoms. The van der Waals surface area contributed by atoms with E-state index < -0.39 is 0 Å². The summed E-state index contributed by atoms with van der Waals surface area (Å²) in [6, 6.07) is 6.69. The number of carbonyl (C=O) groups is 2. The number of aliphatic hydroxyl groups excluding tert-OH is 2. The molecule has 1 aromatic rings. The molecule has 290 valence electrons. The Morgan fingerprint density at radius 3 is 1.78 bits per heavy atom. The molecule has 8 nitrogen and oxygen atoms in total. The van der Waals surface area contributed by atoms with Crippen LogP contribution in [-0.2, 0) is 19.1 Å². The molecule has 0 radical (unpaired) electrons. The van der Waals surface area contributed by atoms with Crippen LogP contribution < -0.4 is 0 Å². The Morgan fingerprint density at radius 2 is 1.34 bits per heavy atom. The number of carbonyl (C=O) groups excluding carboxylic acids is 1. The van der Waals surface area contributed by atoms with Crippen molar-refractivity contribution < 1.29 is 39.5 Å². The zero-order valence-corrected chi connectivity index (χ0v) is 33.5. The third-order valence-corrected chi connectivity index (χ3v) is 7.97. The van der Waals surface area contributed by atoms with Gasteiger partial charge in [-0.05, 0) is 65.7 Å². The molecule has 0 spiro atoms. The predicted octanol–water partition coefficient (Wildman–Crippen LogP) is 10.8. The number of phenolic OH excluding ortho intramolecular Hbond substituents is 1. The number of unbranched alkanes of at least 4 members (excludes halogenated alkanes) is 6. The maximum absolute atomic E-state index is 9.35. The molecule has 0 bridgehead atoms. The molecule has 0 fully saturated rings. The fraction of sp³-hybridized carbons (Fsp3) is 0.619. The number of rotatable bonds is 18. The topological polar surface area (TPSA) is 134 Å². The minimum absolute atomic E-state index is 0.204. The van der Waals surface area contributed by atoms with Gasteiger partial charge in [0.15, 0.2) is 0 Å². The van der Waals surface area contributed by atoms with Crippen LogP contribution in [0, 0.1) is 16.2 Å². The maximum atomic E-state index is 9.35. The van der Waals surface area contributed by atoms with E-state index in [1.54, 1.807) is 31.4 Å². The van der Waals surface area contributed by atoms with E-state index in [2.05, 4.69) is 55.4 Å². The van der Waals surface area contributed by atoms with Gasteiger partial charge in [0, 0.05) is 33.0 Å². The fourth-order valence-electron chi connectivity index (χ4n) is 4.87. The highest BCUT2D eigenvalue weighted by atomic mass is 16.5. The van der Waals surface area contributed by atoms with Crippen molar-refractivity contribution in [2.75, 3.05) is 34.0 Å². The van der Waals surface area contributed by atoms with Crippen LogP contribution in [0.3, 0.4) is 0 Å². The van der Waals surface area contributed by atoms with E-state index in [9.17, 15) is 10.2 Å². The Balaban J connectivity index is -0.000000358. The average Bonchev–Trinajstić information content (AvgIpc) is 3.07. The highest BCUT2D eigenvalue weighted by molar-refractivity contribution is 5.74. The van der Waals surface area contributed by atoms with E-state index in [-0.39, 0.29) is 23.1 Å². The van der Waals surface area contributed by atoms with E-state index in [1.807, 2.05) is 44.1 Å². The molecule has 0 aliphatic heterocycles. The van der Waals surface area contributed by atoms with Crippen molar-refractivity contribution in [2.45, 2.75) is 120 Å². The van der Waals surface area contributed by atoms with E-state index in [0.717, 1.165) is 44.1 Å². The number of aliphatic hydroxyl groups is 2. The van der Waals surface area contributed by atoms with Crippen LogP contribution in [0.5, 0.6) is 5.75 Å². The molecule has 0 aliphatic carbocycles. The first kappa shape index (κ1) is 53.6. The molecule has 0 aliphatic rings. The molecule has 4 N–H and O–H groups in total. The number of aromatic hydroxyl groups is 1. The van der Waals surface area contributed by atoms with Gasteiger partial charge in [0.2, 0.25) is 0 Å². The van der Waals surface area contributed by atoms with E-state index in [4.69, 9.17) is 29.3 Å². The Hall–Kier alpha value is -3.20. The molecule has 8 heteroatoms. The van der Waals surface area contributed by atoms with Crippen molar-refractivity contribution in [3.63, 3.8) is 0 Å². The van der Waals surface area contributed by atoms with Crippen molar-refractivity contribution in [3.8, 4) is 5.75 Å². The maximum Gasteiger partial charge on any atom is 0.290 e. The Morgan fingerprint density at radius 1 is 0.820 bits per heavy atom. The van der Waals surface area contributed by atoms with Crippen molar-refractivity contribution >= 4 is 18.8 Å². The second kappa shape index (κ2) is 34.3. The summed E-state index contributed by atoms with van der Waals surface area (Å²) in [5.41, 5.74) is 3.44. The lowest BCUT2D eigenvalue weighted by molar-refractivity contribution is -0.122. The summed E-state index contributed by atoms with van der Waals surface area (Å²) in [5.74, 6) is 0.204. The minimum atomic E-state index is -0.250. The van der Waals surface area contributed by atoms with E-state index in [0.29, 0.717) is 17.6 Å². The molecule has 0 saturated heterocycles. The summed E-state index contributed by atoms with van der Waals surface area (Å²) in [6.07, 6.45) is 22.4. The van der Waals surface area contributed by atoms with Gasteiger partial charge in [-0.25, -0.2) is 0 Å². The number of allylic oxidation sites excluding steroid dienone is 6. The van der Waals surface area contributed by atoms with Crippen LogP contribution in [0.1, 0.15) is 126 Å². The summed E-state index contributed by atoms with van der Waals surface area (Å²) in [4.78, 5) is 16.4. The van der Waals surface area contributed by atoms with Gasteiger partial charge < -0.3 is 34.7 Å².